The van der Waals surface area contributed by atoms with Crippen LogP contribution in [-0.2, 0) is 9.63 Å². The molecule has 0 amide bonds. The third kappa shape index (κ3) is 5.14. The van der Waals surface area contributed by atoms with Gasteiger partial charge in [-0.3, -0.25) is 4.79 Å². The van der Waals surface area contributed by atoms with Crippen LogP contribution < -0.4 is 0 Å². The first-order valence-corrected chi connectivity index (χ1v) is 6.35. The maximum Gasteiger partial charge on any atom is 0.425 e. The van der Waals surface area contributed by atoms with Crippen LogP contribution in [0.2, 0.25) is 0 Å². The van der Waals surface area contributed by atoms with Gasteiger partial charge in [-0.2, -0.15) is 18.0 Å². The predicted molar refractivity (Wildman–Crippen MR) is 73.5 cm³/mol. The van der Waals surface area contributed by atoms with Gasteiger partial charge in [0.2, 0.25) is 18.1 Å². The van der Waals surface area contributed by atoms with E-state index in [2.05, 4.69) is 14.8 Å². The van der Waals surface area contributed by atoms with E-state index in [0.717, 1.165) is 0 Å². The molecular formula is C14H14F3N3O2. The van der Waals surface area contributed by atoms with E-state index in [-0.39, 0.29) is 5.71 Å². The minimum atomic E-state index is -4.57. The van der Waals surface area contributed by atoms with Gasteiger partial charge < -0.3 is 10.4 Å². The summed E-state index contributed by atoms with van der Waals surface area (Å²) in [4.78, 5) is 19.1. The first-order valence-electron chi connectivity index (χ1n) is 6.35. The van der Waals surface area contributed by atoms with Gasteiger partial charge in [0.15, 0.2) is 0 Å². The molecule has 0 N–H and O–H groups in total. The number of oxime groups is 1. The van der Waals surface area contributed by atoms with Crippen molar-refractivity contribution in [2.24, 2.45) is 11.1 Å². The molecule has 5 nitrogen and oxygen atoms in total. The highest BCUT2D eigenvalue weighted by Gasteiger charge is 2.33. The van der Waals surface area contributed by atoms with Crippen LogP contribution in [0.5, 0.6) is 0 Å². The Kier molecular flexibility index (Phi) is 6.00. The van der Waals surface area contributed by atoms with Crippen molar-refractivity contribution >= 4 is 17.2 Å². The lowest BCUT2D eigenvalue weighted by molar-refractivity contribution is -0.173. The van der Waals surface area contributed by atoms with Gasteiger partial charge in [0, 0.05) is 11.5 Å². The van der Waals surface area contributed by atoms with Crippen LogP contribution in [0.4, 0.5) is 13.2 Å². The molecule has 0 spiro atoms. The lowest BCUT2D eigenvalue weighted by Gasteiger charge is -2.06. The Bertz CT molecular complexity index is 604. The van der Waals surface area contributed by atoms with Crippen molar-refractivity contribution in [2.75, 3.05) is 6.61 Å². The Morgan fingerprint density at radius 2 is 1.91 bits per heavy atom. The highest BCUT2D eigenvalue weighted by Crippen LogP contribution is 2.15. The Hall–Kier alpha value is -2.47. The van der Waals surface area contributed by atoms with E-state index >= 15 is 0 Å². The van der Waals surface area contributed by atoms with Crippen molar-refractivity contribution in [2.45, 2.75) is 20.0 Å². The van der Waals surface area contributed by atoms with E-state index in [0.29, 0.717) is 5.56 Å². The van der Waals surface area contributed by atoms with Crippen molar-refractivity contribution < 1.29 is 27.6 Å². The summed E-state index contributed by atoms with van der Waals surface area (Å²) in [6, 6.07) is 7.90. The summed E-state index contributed by atoms with van der Waals surface area (Å²) in [5.41, 5.74) is 8.63. The summed E-state index contributed by atoms with van der Waals surface area (Å²) < 4.78 is 36.4. The average molecular weight is 313 g/mol. The Morgan fingerprint density at radius 3 is 2.36 bits per heavy atom. The number of ketones is 1. The number of rotatable bonds is 6. The number of nitrogens with zero attached hydrogens (tertiary/aromatic N) is 3. The van der Waals surface area contributed by atoms with E-state index in [9.17, 15) is 18.0 Å². The SMILES string of the molecule is CC(C)C(=O)C(=[N+]=[N-])/C(=N\OCC(F)(F)F)c1ccccc1. The third-order valence-corrected chi connectivity index (χ3v) is 2.51. The van der Waals surface area contributed by atoms with Gasteiger partial charge in [-0.15, -0.1) is 0 Å². The molecule has 0 bridgehead atoms. The Balaban J connectivity index is 3.20. The van der Waals surface area contributed by atoms with Crippen molar-refractivity contribution in [3.8, 4) is 0 Å². The Morgan fingerprint density at radius 1 is 1.32 bits per heavy atom. The maximum atomic E-state index is 12.1. The van der Waals surface area contributed by atoms with Crippen molar-refractivity contribution in [1.82, 2.24) is 0 Å². The summed E-state index contributed by atoms with van der Waals surface area (Å²) >= 11 is 0. The minimum Gasteiger partial charge on any atom is -0.385 e. The number of alkyl halides is 3. The summed E-state index contributed by atoms with van der Waals surface area (Å²) in [5.74, 6) is -1.09. The topological polar surface area (TPSA) is 75.1 Å². The van der Waals surface area contributed by atoms with E-state index in [1.807, 2.05) is 0 Å². The normalized spacial score (nSPS) is 12.0. The van der Waals surface area contributed by atoms with Gasteiger partial charge in [-0.25, -0.2) is 0 Å². The first-order chi connectivity index (χ1) is 10.3. The fourth-order valence-electron chi connectivity index (χ4n) is 1.49. The number of Topliss-reactive ketones (excluding diaryl/α,β-unsaturated/α-hetero) is 1. The van der Waals surface area contributed by atoms with Gasteiger partial charge in [-0.1, -0.05) is 49.3 Å². The smallest absolute Gasteiger partial charge is 0.385 e. The largest absolute Gasteiger partial charge is 0.425 e. The van der Waals surface area contributed by atoms with Crippen LogP contribution in [0.1, 0.15) is 19.4 Å². The van der Waals surface area contributed by atoms with Gasteiger partial charge in [0.05, 0.1) is 0 Å². The molecule has 0 unspecified atom stereocenters. The molecule has 0 heterocycles. The van der Waals surface area contributed by atoms with E-state index < -0.39 is 30.2 Å². The average Bonchev–Trinajstić information content (AvgIpc) is 2.45. The van der Waals surface area contributed by atoms with Crippen molar-refractivity contribution in [3.05, 3.63) is 41.4 Å². The third-order valence-electron chi connectivity index (χ3n) is 2.51. The fraction of sp³-hybridized carbons (Fsp3) is 0.357. The highest BCUT2D eigenvalue weighted by atomic mass is 19.4. The molecule has 0 saturated carbocycles. The van der Waals surface area contributed by atoms with Gasteiger partial charge in [-0.05, 0) is 0 Å². The molecule has 1 aromatic rings. The maximum absolute atomic E-state index is 12.1. The molecule has 8 heteroatoms. The predicted octanol–water partition coefficient (Wildman–Crippen LogP) is 2.87. The molecule has 0 aliphatic rings. The van der Waals surface area contributed by atoms with Crippen LogP contribution in [0.15, 0.2) is 35.5 Å². The molecule has 118 valence electrons. The Labute approximate surface area is 125 Å². The summed E-state index contributed by atoms with van der Waals surface area (Å²) in [6.07, 6.45) is -4.57. The number of carbonyl (C=O) groups excluding carboxylic acids is 1. The molecule has 0 saturated heterocycles. The van der Waals surface area contributed by atoms with Crippen LogP contribution in [-0.4, -0.2) is 34.8 Å². The minimum absolute atomic E-state index is 0.258. The molecule has 0 fully saturated rings. The molecule has 0 radical (unpaired) electrons. The number of hydrogen-bond donors (Lipinski definition) is 0. The van der Waals surface area contributed by atoms with Gasteiger partial charge in [0.25, 0.3) is 0 Å². The van der Waals surface area contributed by atoms with Crippen LogP contribution in [0.25, 0.3) is 5.53 Å². The van der Waals surface area contributed by atoms with Gasteiger partial charge in [0.1, 0.15) is 0 Å². The van der Waals surface area contributed by atoms with Crippen LogP contribution in [0.3, 0.4) is 0 Å². The summed E-state index contributed by atoms with van der Waals surface area (Å²) in [5, 5.41) is 3.34. The summed E-state index contributed by atoms with van der Waals surface area (Å²) in [7, 11) is 0. The molecule has 1 aromatic carbocycles. The van der Waals surface area contributed by atoms with Crippen molar-refractivity contribution in [3.63, 3.8) is 0 Å². The van der Waals surface area contributed by atoms with Crippen molar-refractivity contribution in [1.29, 1.82) is 0 Å². The second kappa shape index (κ2) is 7.51. The molecule has 0 aromatic heterocycles. The zero-order chi connectivity index (χ0) is 16.8. The molecule has 0 aliphatic heterocycles. The number of carbonyl (C=O) groups is 1. The lowest BCUT2D eigenvalue weighted by Crippen LogP contribution is -2.30. The number of benzene rings is 1. The van der Waals surface area contributed by atoms with Crippen LogP contribution >= 0.6 is 0 Å². The number of halogens is 3. The molecule has 22 heavy (non-hydrogen) atoms. The fourth-order valence-corrected chi connectivity index (χ4v) is 1.49. The monoisotopic (exact) mass is 313 g/mol. The van der Waals surface area contributed by atoms with E-state index in [1.165, 1.54) is 12.1 Å². The molecule has 1 rings (SSSR count). The first kappa shape index (κ1) is 17.6. The zero-order valence-electron chi connectivity index (χ0n) is 12.0. The van der Waals surface area contributed by atoms with E-state index in [1.54, 1.807) is 32.0 Å². The molecule has 0 atom stereocenters. The van der Waals surface area contributed by atoms with E-state index in [4.69, 9.17) is 5.53 Å². The van der Waals surface area contributed by atoms with Gasteiger partial charge >= 0.3 is 11.9 Å². The van der Waals surface area contributed by atoms with Crippen LogP contribution in [0, 0.1) is 5.92 Å². The quantitative estimate of drug-likeness (QED) is 0.350. The molecule has 0 aliphatic carbocycles. The lowest BCUT2D eigenvalue weighted by atomic mass is 9.97. The molecular weight excluding hydrogens is 299 g/mol. The zero-order valence-corrected chi connectivity index (χ0v) is 12.0. The second-order valence-electron chi connectivity index (χ2n) is 4.66. The second-order valence-corrected chi connectivity index (χ2v) is 4.66. The number of hydrogen-bond acceptors (Lipinski definition) is 3. The highest BCUT2D eigenvalue weighted by molar-refractivity contribution is 6.68. The standard InChI is InChI=1S/C14H14F3N3O2/c1-9(2)13(21)12(19-18)11(10-6-4-3-5-7-10)20-22-8-14(15,16)17/h3-7,9H,8H2,1-2H3/b20-11-. The summed E-state index contributed by atoms with van der Waals surface area (Å²) in [6.45, 7) is 1.51.